The van der Waals surface area contributed by atoms with E-state index < -0.39 is 22.8 Å². The molecule has 1 aromatic carbocycles. The van der Waals surface area contributed by atoms with Crippen LogP contribution in [0.2, 0.25) is 0 Å². The summed E-state index contributed by atoms with van der Waals surface area (Å²) >= 11 is 0. The second-order valence-electron chi connectivity index (χ2n) is 5.10. The quantitative estimate of drug-likeness (QED) is 0.439. The number of hydrogen-bond donors (Lipinski definition) is 3. The molecular formula is C15H20Cl4N2O7. The molecule has 0 fully saturated rings. The normalized spacial score (nSPS) is 12.6. The van der Waals surface area contributed by atoms with E-state index in [0.717, 1.165) is 0 Å². The van der Waals surface area contributed by atoms with Gasteiger partial charge >= 0.3 is 11.9 Å². The minimum atomic E-state index is -1.28. The van der Waals surface area contributed by atoms with Crippen LogP contribution in [0.1, 0.15) is 25.3 Å². The zero-order valence-corrected chi connectivity index (χ0v) is 17.8. The molecule has 0 aliphatic carbocycles. The third-order valence-electron chi connectivity index (χ3n) is 3.64. The molecule has 5 N–H and O–H groups in total. The highest BCUT2D eigenvalue weighted by atomic mass is 35.5. The first-order valence-corrected chi connectivity index (χ1v) is 6.63. The number of halogens is 4. The number of aliphatic carboxylic acids is 2. The third kappa shape index (κ3) is 6.54. The Morgan fingerprint density at radius 1 is 1.00 bits per heavy atom. The van der Waals surface area contributed by atoms with E-state index in [-0.39, 0.29) is 77.5 Å². The maximum absolute atomic E-state index is 11.6. The lowest BCUT2D eigenvalue weighted by molar-refractivity contribution is -0.384. The van der Waals surface area contributed by atoms with E-state index in [4.69, 9.17) is 0 Å². The number of nitrogens with one attached hydrogen (secondary N) is 1. The topological polar surface area (TPSA) is 161 Å². The number of hydrogen-bond acceptors (Lipinski definition) is 5. The van der Waals surface area contributed by atoms with Gasteiger partial charge in [-0.05, 0) is 19.4 Å². The molecule has 0 bridgehead atoms. The minimum absolute atomic E-state index is 0. The average molecular weight is 482 g/mol. The Hall–Kier alpha value is -2.04. The predicted molar refractivity (Wildman–Crippen MR) is 112 cm³/mol. The summed E-state index contributed by atoms with van der Waals surface area (Å²) in [6, 6.07) is 5.34. The Bertz CT molecular complexity index is 760. The van der Waals surface area contributed by atoms with E-state index in [1.165, 1.54) is 38.1 Å². The van der Waals surface area contributed by atoms with Gasteiger partial charge in [-0.2, -0.15) is 0 Å². The molecule has 1 aliphatic heterocycles. The molecule has 0 aromatic heterocycles. The Kier molecular flexibility index (Phi) is 15.8. The van der Waals surface area contributed by atoms with Crippen LogP contribution in [0, 0.1) is 10.1 Å². The number of dihydropyridines is 1. The molecule has 0 atom stereocenters. The maximum atomic E-state index is 11.6. The fourth-order valence-corrected chi connectivity index (χ4v) is 2.71. The van der Waals surface area contributed by atoms with E-state index in [2.05, 4.69) is 5.32 Å². The second kappa shape index (κ2) is 13.2. The lowest BCUT2D eigenvalue weighted by Gasteiger charge is -2.28. The molecule has 0 unspecified atom stereocenters. The molecule has 0 saturated carbocycles. The predicted octanol–water partition coefficient (Wildman–Crippen LogP) is 2.86. The van der Waals surface area contributed by atoms with Gasteiger partial charge in [0.15, 0.2) is 0 Å². The van der Waals surface area contributed by atoms with E-state index in [1.54, 1.807) is 0 Å². The highest BCUT2D eigenvalue weighted by Crippen LogP contribution is 2.39. The van der Waals surface area contributed by atoms with Crippen LogP contribution in [0.4, 0.5) is 5.69 Å². The van der Waals surface area contributed by atoms with Gasteiger partial charge in [0.1, 0.15) is 0 Å². The molecule has 2 rings (SSSR count). The van der Waals surface area contributed by atoms with Crippen molar-refractivity contribution < 1.29 is 30.2 Å². The van der Waals surface area contributed by atoms with Gasteiger partial charge < -0.3 is 21.0 Å². The number of nitrogens with zero attached hydrogens (tertiary/aromatic N) is 1. The Balaban J connectivity index is -0.000000576. The lowest BCUT2D eigenvalue weighted by Crippen LogP contribution is -2.31. The first-order valence-electron chi connectivity index (χ1n) is 6.63. The van der Waals surface area contributed by atoms with Crippen LogP contribution in [-0.4, -0.2) is 32.6 Å². The molecule has 160 valence electrons. The SMILES string of the molecule is CC1=C(C(=O)O)C(c2cccc([N+](=O)[O-])c2)C(C(=O)O)=C(C)N1.Cl.Cl.Cl.Cl.O. The van der Waals surface area contributed by atoms with Crippen molar-refractivity contribution in [1.82, 2.24) is 5.32 Å². The number of carbonyl (C=O) groups is 2. The molecule has 0 saturated heterocycles. The van der Waals surface area contributed by atoms with Crippen molar-refractivity contribution in [3.8, 4) is 0 Å². The monoisotopic (exact) mass is 480 g/mol. The standard InChI is InChI=1S/C15H14N2O6.4ClH.H2O/c1-7-11(14(18)19)13(12(15(20)21)8(2)16-7)9-4-3-5-10(6-9)17(22)23;;;;;/h3-6,13,16H,1-2H3,(H,18,19)(H,20,21);4*1H;1H2. The van der Waals surface area contributed by atoms with E-state index in [1.807, 2.05) is 0 Å². The van der Waals surface area contributed by atoms with Crippen molar-refractivity contribution in [3.63, 3.8) is 0 Å². The van der Waals surface area contributed by atoms with Crippen LogP contribution in [0.3, 0.4) is 0 Å². The summed E-state index contributed by atoms with van der Waals surface area (Å²) < 4.78 is 0. The summed E-state index contributed by atoms with van der Waals surface area (Å²) in [5.74, 6) is -3.65. The molecule has 0 amide bonds. The van der Waals surface area contributed by atoms with Crippen LogP contribution in [-0.2, 0) is 9.59 Å². The average Bonchev–Trinajstić information content (AvgIpc) is 2.45. The van der Waals surface area contributed by atoms with Crippen LogP contribution in [0.25, 0.3) is 0 Å². The zero-order valence-electron chi connectivity index (χ0n) is 14.5. The Morgan fingerprint density at radius 3 is 1.79 bits per heavy atom. The van der Waals surface area contributed by atoms with Crippen molar-refractivity contribution in [2.45, 2.75) is 19.8 Å². The number of benzene rings is 1. The molecule has 1 aromatic rings. The third-order valence-corrected chi connectivity index (χ3v) is 3.64. The fourth-order valence-electron chi connectivity index (χ4n) is 2.71. The number of allylic oxidation sites excluding steroid dienone is 2. The molecule has 1 aliphatic rings. The second-order valence-corrected chi connectivity index (χ2v) is 5.10. The number of carboxylic acids is 2. The van der Waals surface area contributed by atoms with Crippen molar-refractivity contribution in [1.29, 1.82) is 0 Å². The van der Waals surface area contributed by atoms with E-state index in [9.17, 15) is 29.9 Å². The van der Waals surface area contributed by atoms with Crippen LogP contribution in [0.15, 0.2) is 46.8 Å². The first-order chi connectivity index (χ1) is 10.7. The summed E-state index contributed by atoms with van der Waals surface area (Å²) in [5, 5.41) is 32.6. The summed E-state index contributed by atoms with van der Waals surface area (Å²) in [4.78, 5) is 33.5. The van der Waals surface area contributed by atoms with E-state index >= 15 is 0 Å². The first kappa shape index (κ1) is 33.5. The lowest BCUT2D eigenvalue weighted by atomic mass is 9.80. The maximum Gasteiger partial charge on any atom is 0.334 e. The fraction of sp³-hybridized carbons (Fsp3) is 0.200. The number of non-ortho nitro benzene ring substituents is 1. The molecule has 9 nitrogen and oxygen atoms in total. The Labute approximate surface area is 185 Å². The van der Waals surface area contributed by atoms with E-state index in [0.29, 0.717) is 11.4 Å². The minimum Gasteiger partial charge on any atom is -0.478 e. The van der Waals surface area contributed by atoms with Gasteiger partial charge in [-0.25, -0.2) is 9.59 Å². The largest absolute Gasteiger partial charge is 0.478 e. The van der Waals surface area contributed by atoms with Gasteiger partial charge in [0.2, 0.25) is 0 Å². The number of nitro benzene ring substituents is 1. The highest BCUT2D eigenvalue weighted by Gasteiger charge is 2.36. The van der Waals surface area contributed by atoms with Crippen LogP contribution in [0.5, 0.6) is 0 Å². The van der Waals surface area contributed by atoms with Crippen LogP contribution < -0.4 is 5.32 Å². The highest BCUT2D eigenvalue weighted by molar-refractivity contribution is 5.98. The summed E-state index contributed by atoms with van der Waals surface area (Å²) in [6.07, 6.45) is 0. The molecule has 0 spiro atoms. The smallest absolute Gasteiger partial charge is 0.334 e. The van der Waals surface area contributed by atoms with Gasteiger partial charge in [-0.15, -0.1) is 49.6 Å². The van der Waals surface area contributed by atoms with Gasteiger partial charge in [0, 0.05) is 23.5 Å². The number of rotatable bonds is 4. The summed E-state index contributed by atoms with van der Waals surface area (Å²) in [5.41, 5.74) is 0.329. The summed E-state index contributed by atoms with van der Waals surface area (Å²) in [6.45, 7) is 3.05. The number of nitro groups is 1. The van der Waals surface area contributed by atoms with Crippen LogP contribution >= 0.6 is 49.6 Å². The van der Waals surface area contributed by atoms with Gasteiger partial charge in [-0.3, -0.25) is 10.1 Å². The molecule has 0 radical (unpaired) electrons. The Morgan fingerprint density at radius 2 is 1.43 bits per heavy atom. The van der Waals surface area contributed by atoms with Crippen molar-refractivity contribution >= 4 is 67.3 Å². The van der Waals surface area contributed by atoms with Gasteiger partial charge in [-0.1, -0.05) is 12.1 Å². The molecule has 28 heavy (non-hydrogen) atoms. The molecular weight excluding hydrogens is 462 g/mol. The summed E-state index contributed by atoms with van der Waals surface area (Å²) in [7, 11) is 0. The molecule has 13 heteroatoms. The van der Waals surface area contributed by atoms with Crippen molar-refractivity contribution in [2.75, 3.05) is 0 Å². The number of carboxylic acid groups (broad SMARTS) is 2. The van der Waals surface area contributed by atoms with Gasteiger partial charge in [0.25, 0.3) is 5.69 Å². The van der Waals surface area contributed by atoms with Crippen molar-refractivity contribution in [3.05, 3.63) is 62.5 Å². The molecule has 1 heterocycles. The van der Waals surface area contributed by atoms with Gasteiger partial charge in [0.05, 0.1) is 22.0 Å². The van der Waals surface area contributed by atoms with Crippen molar-refractivity contribution in [2.24, 2.45) is 0 Å². The zero-order chi connectivity index (χ0) is 17.3.